The van der Waals surface area contributed by atoms with Gasteiger partial charge < -0.3 is 30.3 Å². The number of aromatic amines is 1. The highest BCUT2D eigenvalue weighted by Crippen LogP contribution is 2.26. The van der Waals surface area contributed by atoms with Gasteiger partial charge in [0.2, 0.25) is 11.9 Å². The van der Waals surface area contributed by atoms with Crippen LogP contribution in [0, 0.1) is 0 Å². The average Bonchev–Trinajstić information content (AvgIpc) is 3.06. The molecule has 0 radical (unpaired) electrons. The Morgan fingerprint density at radius 3 is 2.09 bits per heavy atom. The molecule has 4 rings (SSSR count). The van der Waals surface area contributed by atoms with Gasteiger partial charge in [0.1, 0.15) is 17.2 Å². The number of amides is 4. The van der Waals surface area contributed by atoms with Gasteiger partial charge in [-0.2, -0.15) is 18.2 Å². The third-order valence-electron chi connectivity index (χ3n) is 7.66. The maximum atomic E-state index is 13.7. The predicted molar refractivity (Wildman–Crippen MR) is 187 cm³/mol. The van der Waals surface area contributed by atoms with Crippen molar-refractivity contribution in [2.24, 2.45) is 0 Å². The lowest BCUT2D eigenvalue weighted by molar-refractivity contribution is -0.170. The molecule has 292 valence electrons. The van der Waals surface area contributed by atoms with Crippen LogP contribution in [-0.2, 0) is 30.4 Å². The van der Waals surface area contributed by atoms with Crippen molar-refractivity contribution in [3.63, 3.8) is 0 Å². The molecule has 0 bridgehead atoms. The van der Waals surface area contributed by atoms with Crippen LogP contribution in [0.15, 0.2) is 35.3 Å². The van der Waals surface area contributed by atoms with Crippen molar-refractivity contribution >= 4 is 52.6 Å². The number of esters is 1. The molecule has 0 spiro atoms. The SMILES string of the molecule is CC(C)(C)OC(=O)[C@H](CCC(=O)N1CCN(C(=O)OC(C)(C)C)CC1)NC(=O)c1ccc(N(Cc2cnc3nc(N)[nH]c(=O)c3n2)C(=O)C(F)(F)F)cc1. The van der Waals surface area contributed by atoms with Crippen LogP contribution in [0.3, 0.4) is 0 Å². The summed E-state index contributed by atoms with van der Waals surface area (Å²) in [5.74, 6) is -4.44. The van der Waals surface area contributed by atoms with Crippen LogP contribution in [0.5, 0.6) is 0 Å². The monoisotopic (exact) mass is 761 g/mol. The zero-order chi connectivity index (χ0) is 40.2. The maximum absolute atomic E-state index is 13.7. The predicted octanol–water partition coefficient (Wildman–Crippen LogP) is 2.69. The normalized spacial score (nSPS) is 14.3. The fraction of sp³-hybridized carbons (Fsp3) is 0.500. The van der Waals surface area contributed by atoms with Crippen LogP contribution in [0.25, 0.3) is 11.2 Å². The molecular weight excluding hydrogens is 719 g/mol. The minimum absolute atomic E-state index is 0.0861. The van der Waals surface area contributed by atoms with Crippen LogP contribution in [0.2, 0.25) is 0 Å². The van der Waals surface area contributed by atoms with Crippen LogP contribution >= 0.6 is 0 Å². The molecule has 20 heteroatoms. The summed E-state index contributed by atoms with van der Waals surface area (Å²) in [6, 6.07) is 3.18. The number of carbonyl (C=O) groups is 5. The lowest BCUT2D eigenvalue weighted by Gasteiger charge is -2.35. The number of anilines is 2. The molecule has 17 nitrogen and oxygen atoms in total. The van der Waals surface area contributed by atoms with Gasteiger partial charge in [-0.3, -0.25) is 29.1 Å². The second-order valence-corrected chi connectivity index (χ2v) is 14.4. The number of nitrogen functional groups attached to an aromatic ring is 1. The third-order valence-corrected chi connectivity index (χ3v) is 7.66. The summed E-state index contributed by atoms with van der Waals surface area (Å²) in [5.41, 5.74) is 2.08. The number of ether oxygens (including phenoxy) is 2. The van der Waals surface area contributed by atoms with Gasteiger partial charge >= 0.3 is 24.1 Å². The number of hydrogen-bond acceptors (Lipinski definition) is 12. The van der Waals surface area contributed by atoms with E-state index in [9.17, 15) is 41.9 Å². The van der Waals surface area contributed by atoms with E-state index in [0.717, 1.165) is 30.5 Å². The number of nitrogens with zero attached hydrogens (tertiary/aromatic N) is 6. The molecule has 3 aromatic rings. The summed E-state index contributed by atoms with van der Waals surface area (Å²) in [6.07, 6.45) is -5.06. The zero-order valence-corrected chi connectivity index (χ0v) is 30.6. The first-order valence-electron chi connectivity index (χ1n) is 16.8. The van der Waals surface area contributed by atoms with Crippen molar-refractivity contribution in [1.29, 1.82) is 0 Å². The standard InChI is InChI=1S/C34H42F3N9O8/c1-32(2,3)53-28(50)22(11-12-23(47)44-13-15-45(16-14-44)31(52)54-33(4,5)6)41-26(48)19-7-9-21(10-8-19)46(29(51)34(35,36)37)18-20-17-39-25-24(40-20)27(49)43-30(38)42-25/h7-10,17,22H,11-16,18H2,1-6H3,(H,41,48)(H3,38,39,42,43,49)/t22-/m0/s1. The van der Waals surface area contributed by atoms with Gasteiger partial charge in [-0.15, -0.1) is 0 Å². The van der Waals surface area contributed by atoms with E-state index in [1.54, 1.807) is 41.5 Å². The van der Waals surface area contributed by atoms with E-state index in [1.807, 2.05) is 0 Å². The Hall–Kier alpha value is -5.82. The van der Waals surface area contributed by atoms with Crippen molar-refractivity contribution in [2.75, 3.05) is 36.8 Å². The maximum Gasteiger partial charge on any atom is 0.471 e. The Morgan fingerprint density at radius 1 is 0.926 bits per heavy atom. The summed E-state index contributed by atoms with van der Waals surface area (Å²) < 4.78 is 51.9. The Kier molecular flexibility index (Phi) is 12.2. The smallest absolute Gasteiger partial charge is 0.458 e. The molecule has 1 aliphatic rings. The zero-order valence-electron chi connectivity index (χ0n) is 30.6. The minimum atomic E-state index is -5.31. The van der Waals surface area contributed by atoms with Crippen molar-refractivity contribution in [2.45, 2.75) is 84.3 Å². The van der Waals surface area contributed by atoms with Crippen molar-refractivity contribution in [1.82, 2.24) is 35.1 Å². The lowest BCUT2D eigenvalue weighted by Crippen LogP contribution is -2.52. The number of aromatic nitrogens is 4. The molecule has 1 fully saturated rings. The number of piperazine rings is 1. The quantitative estimate of drug-likeness (QED) is 0.268. The highest BCUT2D eigenvalue weighted by molar-refractivity contribution is 5.99. The summed E-state index contributed by atoms with van der Waals surface area (Å²) in [4.78, 5) is 94.1. The Bertz CT molecular complexity index is 1950. The fourth-order valence-corrected chi connectivity index (χ4v) is 5.19. The summed E-state index contributed by atoms with van der Waals surface area (Å²) >= 11 is 0. The van der Waals surface area contributed by atoms with Gasteiger partial charge in [0.15, 0.2) is 11.2 Å². The van der Waals surface area contributed by atoms with Gasteiger partial charge in [0, 0.05) is 43.9 Å². The summed E-state index contributed by atoms with van der Waals surface area (Å²) in [6.45, 7) is 10.3. The molecule has 0 unspecified atom stereocenters. The highest BCUT2D eigenvalue weighted by atomic mass is 19.4. The van der Waals surface area contributed by atoms with E-state index < -0.39 is 59.4 Å². The second kappa shape index (κ2) is 16.0. The van der Waals surface area contributed by atoms with E-state index in [4.69, 9.17) is 15.2 Å². The number of fused-ring (bicyclic) bond motifs is 1. The van der Waals surface area contributed by atoms with Gasteiger partial charge in [-0.1, -0.05) is 0 Å². The molecule has 0 saturated carbocycles. The number of alkyl halides is 3. The number of nitrogens with two attached hydrogens (primary N) is 1. The van der Waals surface area contributed by atoms with E-state index in [-0.39, 0.29) is 79.0 Å². The number of benzene rings is 1. The summed E-state index contributed by atoms with van der Waals surface area (Å²) in [7, 11) is 0. The molecule has 1 saturated heterocycles. The first-order valence-corrected chi connectivity index (χ1v) is 16.8. The van der Waals surface area contributed by atoms with Gasteiger partial charge in [0.25, 0.3) is 11.5 Å². The Morgan fingerprint density at radius 2 is 1.52 bits per heavy atom. The molecular formula is C34H42F3N9O8. The van der Waals surface area contributed by atoms with Crippen LogP contribution in [0.1, 0.15) is 70.4 Å². The van der Waals surface area contributed by atoms with Crippen molar-refractivity contribution in [3.05, 3.63) is 52.1 Å². The molecule has 3 heterocycles. The van der Waals surface area contributed by atoms with Gasteiger partial charge in [0.05, 0.1) is 18.4 Å². The molecule has 4 amide bonds. The van der Waals surface area contributed by atoms with Crippen LogP contribution < -0.4 is 21.5 Å². The van der Waals surface area contributed by atoms with E-state index in [1.165, 1.54) is 9.80 Å². The number of nitrogens with one attached hydrogen (secondary N) is 2. The van der Waals surface area contributed by atoms with Crippen molar-refractivity contribution < 1.29 is 46.6 Å². The van der Waals surface area contributed by atoms with E-state index in [0.29, 0.717) is 4.90 Å². The van der Waals surface area contributed by atoms with Crippen LogP contribution in [0.4, 0.5) is 29.6 Å². The van der Waals surface area contributed by atoms with Crippen LogP contribution in [-0.4, -0.2) is 109 Å². The molecule has 4 N–H and O–H groups in total. The topological polar surface area (TPSA) is 223 Å². The molecule has 0 aliphatic carbocycles. The van der Waals surface area contributed by atoms with E-state index >= 15 is 0 Å². The number of carbonyl (C=O) groups excluding carboxylic acids is 5. The molecule has 1 atom stereocenters. The lowest BCUT2D eigenvalue weighted by atomic mass is 10.1. The van der Waals surface area contributed by atoms with E-state index in [2.05, 4.69) is 25.3 Å². The molecule has 1 aliphatic heterocycles. The molecule has 2 aromatic heterocycles. The van der Waals surface area contributed by atoms with Gasteiger partial charge in [-0.05, 0) is 72.2 Å². The number of H-pyrrole nitrogens is 1. The van der Waals surface area contributed by atoms with Gasteiger partial charge in [-0.25, -0.2) is 19.6 Å². The Labute approximate surface area is 307 Å². The third kappa shape index (κ3) is 11.1. The highest BCUT2D eigenvalue weighted by Gasteiger charge is 2.43. The fourth-order valence-electron chi connectivity index (χ4n) is 5.19. The summed E-state index contributed by atoms with van der Waals surface area (Å²) in [5, 5.41) is 2.54. The molecule has 54 heavy (non-hydrogen) atoms. The molecule has 1 aromatic carbocycles. The first kappa shape index (κ1) is 40.9. The minimum Gasteiger partial charge on any atom is -0.458 e. The number of hydrogen-bond donors (Lipinski definition) is 3. The largest absolute Gasteiger partial charge is 0.471 e. The number of halogens is 3. The Balaban J connectivity index is 1.47. The first-order chi connectivity index (χ1) is 25.0. The number of rotatable bonds is 9. The average molecular weight is 762 g/mol. The van der Waals surface area contributed by atoms with Crippen molar-refractivity contribution in [3.8, 4) is 0 Å². The second-order valence-electron chi connectivity index (χ2n) is 14.4.